The molecule has 1 atom stereocenters. The number of aromatic nitrogens is 2. The number of hydrogen-bond acceptors (Lipinski definition) is 5. The van der Waals surface area contributed by atoms with Crippen molar-refractivity contribution >= 4 is 5.70 Å². The molecule has 0 aliphatic carbocycles. The van der Waals surface area contributed by atoms with Crippen molar-refractivity contribution in [1.82, 2.24) is 15.3 Å². The van der Waals surface area contributed by atoms with Gasteiger partial charge in [-0.05, 0) is 18.8 Å². The van der Waals surface area contributed by atoms with Gasteiger partial charge in [0, 0.05) is 24.9 Å². The van der Waals surface area contributed by atoms with Crippen LogP contribution in [0.15, 0.2) is 37.3 Å². The van der Waals surface area contributed by atoms with Crippen LogP contribution in [0.25, 0.3) is 5.70 Å². The first-order chi connectivity index (χ1) is 9.90. The molecule has 0 saturated heterocycles. The smallest absolute Gasteiger partial charge is 0.154 e. The Hall–Kier alpha value is -1.72. The van der Waals surface area contributed by atoms with E-state index in [1.807, 2.05) is 0 Å². The van der Waals surface area contributed by atoms with Crippen LogP contribution < -0.4 is 5.32 Å². The van der Waals surface area contributed by atoms with Crippen LogP contribution in [0.2, 0.25) is 0 Å². The summed E-state index contributed by atoms with van der Waals surface area (Å²) in [6.07, 6.45) is 4.86. The van der Waals surface area contributed by atoms with Crippen LogP contribution in [0.5, 0.6) is 0 Å². The van der Waals surface area contributed by atoms with Crippen molar-refractivity contribution in [3.8, 4) is 0 Å². The fraction of sp³-hybridized carbons (Fsp3) is 0.500. The first kappa shape index (κ1) is 17.3. The van der Waals surface area contributed by atoms with Gasteiger partial charge in [-0.25, -0.2) is 0 Å². The molecule has 1 aromatic rings. The Balaban J connectivity index is 2.44. The quantitative estimate of drug-likeness (QED) is 0.479. The summed E-state index contributed by atoms with van der Waals surface area (Å²) in [7, 11) is 0. The fourth-order valence-electron chi connectivity index (χ4n) is 2.14. The van der Waals surface area contributed by atoms with Gasteiger partial charge in [0.05, 0.1) is 11.9 Å². The van der Waals surface area contributed by atoms with E-state index < -0.39 is 6.29 Å². The Bertz CT molecular complexity index is 458. The van der Waals surface area contributed by atoms with E-state index >= 15 is 0 Å². The second kappa shape index (κ2) is 8.54. The summed E-state index contributed by atoms with van der Waals surface area (Å²) in [5, 5.41) is 22.0. The highest BCUT2D eigenvalue weighted by molar-refractivity contribution is 5.57. The Labute approximate surface area is 126 Å². The van der Waals surface area contributed by atoms with E-state index in [1.165, 1.54) is 0 Å². The zero-order valence-corrected chi connectivity index (χ0v) is 12.8. The summed E-state index contributed by atoms with van der Waals surface area (Å²) < 4.78 is 0. The first-order valence-electron chi connectivity index (χ1n) is 7.12. The molecule has 0 aliphatic heterocycles. The topological polar surface area (TPSA) is 78.3 Å². The number of nitrogens with zero attached hydrogens (tertiary/aromatic N) is 2. The highest BCUT2D eigenvalue weighted by Crippen LogP contribution is 2.21. The standard InChI is InChI=1S/C16H25N3O2/c1-11(2)7-14(16(20)21)8-12(3)9-19-13(4)15-10-17-5-6-18-15/h5-6,10-11,14,16,19-21H,3-4,7-9H2,1-2H3/t14-/m0/s1. The van der Waals surface area contributed by atoms with Crippen molar-refractivity contribution in [2.24, 2.45) is 11.8 Å². The molecular formula is C16H25N3O2. The molecule has 5 nitrogen and oxygen atoms in total. The zero-order valence-electron chi connectivity index (χ0n) is 12.8. The molecule has 0 saturated carbocycles. The van der Waals surface area contributed by atoms with E-state index in [2.05, 4.69) is 42.3 Å². The van der Waals surface area contributed by atoms with Gasteiger partial charge in [-0.2, -0.15) is 0 Å². The molecule has 116 valence electrons. The fourth-order valence-corrected chi connectivity index (χ4v) is 2.14. The molecule has 0 spiro atoms. The number of rotatable bonds is 9. The average molecular weight is 291 g/mol. The van der Waals surface area contributed by atoms with Crippen molar-refractivity contribution in [2.75, 3.05) is 6.54 Å². The lowest BCUT2D eigenvalue weighted by atomic mass is 9.90. The maximum absolute atomic E-state index is 9.42. The third-order valence-electron chi connectivity index (χ3n) is 3.17. The first-order valence-corrected chi connectivity index (χ1v) is 7.12. The van der Waals surface area contributed by atoms with Gasteiger partial charge in [-0.1, -0.05) is 32.6 Å². The number of aliphatic hydroxyl groups is 2. The predicted molar refractivity (Wildman–Crippen MR) is 84.0 cm³/mol. The maximum atomic E-state index is 9.42. The minimum Gasteiger partial charge on any atom is -0.380 e. The van der Waals surface area contributed by atoms with Gasteiger partial charge < -0.3 is 15.5 Å². The van der Waals surface area contributed by atoms with Gasteiger partial charge in [0.15, 0.2) is 6.29 Å². The maximum Gasteiger partial charge on any atom is 0.154 e. The van der Waals surface area contributed by atoms with Crippen LogP contribution in [0.4, 0.5) is 0 Å². The van der Waals surface area contributed by atoms with Gasteiger partial charge in [-0.3, -0.25) is 9.97 Å². The summed E-state index contributed by atoms with van der Waals surface area (Å²) in [5.41, 5.74) is 2.26. The van der Waals surface area contributed by atoms with Crippen LogP contribution in [0.3, 0.4) is 0 Å². The van der Waals surface area contributed by atoms with Gasteiger partial charge >= 0.3 is 0 Å². The average Bonchev–Trinajstić information content (AvgIpc) is 2.44. The minimum absolute atomic E-state index is 0.191. The van der Waals surface area contributed by atoms with Crippen molar-refractivity contribution in [3.05, 3.63) is 43.0 Å². The molecule has 5 heteroatoms. The highest BCUT2D eigenvalue weighted by Gasteiger charge is 2.19. The highest BCUT2D eigenvalue weighted by atomic mass is 16.5. The van der Waals surface area contributed by atoms with Crippen molar-refractivity contribution in [3.63, 3.8) is 0 Å². The summed E-state index contributed by atoms with van der Waals surface area (Å²) in [6.45, 7) is 12.5. The molecule has 3 N–H and O–H groups in total. The Kier molecular flexibility index (Phi) is 7.05. The number of aliphatic hydroxyl groups excluding tert-OH is 1. The molecule has 1 aromatic heterocycles. The zero-order chi connectivity index (χ0) is 15.8. The van der Waals surface area contributed by atoms with Gasteiger partial charge in [0.25, 0.3) is 0 Å². The lowest BCUT2D eigenvalue weighted by molar-refractivity contribution is -0.0884. The Morgan fingerprint density at radius 2 is 2.00 bits per heavy atom. The summed E-state index contributed by atoms with van der Waals surface area (Å²) in [4.78, 5) is 8.14. The number of nitrogens with one attached hydrogen (secondary N) is 1. The third-order valence-corrected chi connectivity index (χ3v) is 3.17. The van der Waals surface area contributed by atoms with E-state index in [9.17, 15) is 10.2 Å². The van der Waals surface area contributed by atoms with Crippen LogP contribution >= 0.6 is 0 Å². The summed E-state index contributed by atoms with van der Waals surface area (Å²) >= 11 is 0. The predicted octanol–water partition coefficient (Wildman–Crippen LogP) is 1.96. The summed E-state index contributed by atoms with van der Waals surface area (Å²) in [5.74, 6) is 0.219. The molecule has 1 rings (SSSR count). The molecule has 0 aromatic carbocycles. The SMILES string of the molecule is C=C(CNC(=C)c1cnccn1)C[C@H](CC(C)C)C(O)O. The Morgan fingerprint density at radius 1 is 1.29 bits per heavy atom. The van der Waals surface area contributed by atoms with Crippen LogP contribution in [-0.2, 0) is 0 Å². The second-order valence-corrected chi connectivity index (χ2v) is 5.68. The monoisotopic (exact) mass is 291 g/mol. The van der Waals surface area contributed by atoms with Crippen LogP contribution in [0, 0.1) is 11.8 Å². The molecule has 1 heterocycles. The Morgan fingerprint density at radius 3 is 2.52 bits per heavy atom. The molecule has 0 amide bonds. The largest absolute Gasteiger partial charge is 0.380 e. The lowest BCUT2D eigenvalue weighted by Crippen LogP contribution is -2.24. The van der Waals surface area contributed by atoms with Crippen molar-refractivity contribution in [2.45, 2.75) is 33.0 Å². The van der Waals surface area contributed by atoms with Crippen molar-refractivity contribution < 1.29 is 10.2 Å². The molecule has 0 radical (unpaired) electrons. The van der Waals surface area contributed by atoms with Gasteiger partial charge in [0.2, 0.25) is 0 Å². The van der Waals surface area contributed by atoms with E-state index in [0.29, 0.717) is 30.3 Å². The van der Waals surface area contributed by atoms with Crippen molar-refractivity contribution in [1.29, 1.82) is 0 Å². The minimum atomic E-state index is -1.31. The molecule has 0 bridgehead atoms. The normalized spacial score (nSPS) is 12.5. The molecule has 21 heavy (non-hydrogen) atoms. The van der Waals surface area contributed by atoms with E-state index in [4.69, 9.17) is 0 Å². The second-order valence-electron chi connectivity index (χ2n) is 5.68. The number of hydrogen-bond donors (Lipinski definition) is 3. The van der Waals surface area contributed by atoms with Gasteiger partial charge in [-0.15, -0.1) is 0 Å². The summed E-state index contributed by atoms with van der Waals surface area (Å²) in [6, 6.07) is 0. The molecule has 0 aliphatic rings. The third kappa shape index (κ3) is 6.51. The molecule has 0 unspecified atom stereocenters. The van der Waals surface area contributed by atoms with E-state index in [0.717, 1.165) is 12.0 Å². The lowest BCUT2D eigenvalue weighted by Gasteiger charge is -2.22. The molecular weight excluding hydrogens is 266 g/mol. The molecule has 0 fully saturated rings. The van der Waals surface area contributed by atoms with Crippen LogP contribution in [0.1, 0.15) is 32.4 Å². The van der Waals surface area contributed by atoms with Crippen LogP contribution in [-0.4, -0.2) is 33.0 Å². The van der Waals surface area contributed by atoms with Gasteiger partial charge in [0.1, 0.15) is 5.69 Å². The van der Waals surface area contributed by atoms with E-state index in [-0.39, 0.29) is 5.92 Å². The van der Waals surface area contributed by atoms with E-state index in [1.54, 1.807) is 18.6 Å².